The maximum absolute atomic E-state index is 5.07. The summed E-state index contributed by atoms with van der Waals surface area (Å²) in [5.74, 6) is 0. The number of hydrogen-bond acceptors (Lipinski definition) is 5. The Morgan fingerprint density at radius 3 is 2.90 bits per heavy atom. The van der Waals surface area contributed by atoms with Crippen LogP contribution in [-0.4, -0.2) is 50.3 Å². The minimum absolute atomic E-state index is 0.295. The lowest BCUT2D eigenvalue weighted by Crippen LogP contribution is -2.32. The highest BCUT2D eigenvalue weighted by Gasteiger charge is 2.10. The molecule has 1 unspecified atom stereocenters. The van der Waals surface area contributed by atoms with Crippen molar-refractivity contribution in [1.29, 1.82) is 0 Å². The summed E-state index contributed by atoms with van der Waals surface area (Å²) >= 11 is 1.77. The van der Waals surface area contributed by atoms with Gasteiger partial charge < -0.3 is 15.0 Å². The molecule has 0 amide bonds. The Balaban J connectivity index is 1.81. The van der Waals surface area contributed by atoms with Gasteiger partial charge in [0.25, 0.3) is 0 Å². The van der Waals surface area contributed by atoms with Crippen molar-refractivity contribution in [1.82, 2.24) is 15.2 Å². The molecule has 20 heavy (non-hydrogen) atoms. The monoisotopic (exact) mass is 293 g/mol. The third-order valence-electron chi connectivity index (χ3n) is 3.30. The molecule has 1 heterocycles. The number of para-hydroxylation sites is 1. The second-order valence-electron chi connectivity index (χ2n) is 4.99. The first-order valence-electron chi connectivity index (χ1n) is 6.97. The van der Waals surface area contributed by atoms with E-state index in [2.05, 4.69) is 47.4 Å². The average Bonchev–Trinajstić information content (AvgIpc) is 2.89. The van der Waals surface area contributed by atoms with Gasteiger partial charge in [-0.1, -0.05) is 12.1 Å². The first-order valence-corrected chi connectivity index (χ1v) is 7.78. The number of ether oxygens (including phenoxy) is 1. The van der Waals surface area contributed by atoms with Gasteiger partial charge in [-0.2, -0.15) is 0 Å². The average molecular weight is 293 g/mol. The predicted octanol–water partition coefficient (Wildman–Crippen LogP) is 2.53. The zero-order valence-corrected chi connectivity index (χ0v) is 13.2. The Hall–Kier alpha value is -1.01. The molecule has 0 radical (unpaired) electrons. The topological polar surface area (TPSA) is 37.4 Å². The summed E-state index contributed by atoms with van der Waals surface area (Å²) in [6.45, 7) is 5.89. The molecule has 1 N–H and O–H groups in total. The van der Waals surface area contributed by atoms with Gasteiger partial charge in [0.2, 0.25) is 0 Å². The Bertz CT molecular complexity index is 496. The highest BCUT2D eigenvalue weighted by Crippen LogP contribution is 2.25. The summed E-state index contributed by atoms with van der Waals surface area (Å²) in [5, 5.41) is 4.69. The van der Waals surface area contributed by atoms with E-state index in [0.29, 0.717) is 6.04 Å². The van der Waals surface area contributed by atoms with Gasteiger partial charge in [0.15, 0.2) is 0 Å². The minimum atomic E-state index is 0.295. The zero-order chi connectivity index (χ0) is 14.4. The molecular formula is C15H23N3OS. The maximum atomic E-state index is 5.07. The molecule has 1 aromatic heterocycles. The van der Waals surface area contributed by atoms with E-state index in [1.165, 1.54) is 4.70 Å². The summed E-state index contributed by atoms with van der Waals surface area (Å²) in [7, 11) is 3.85. The quantitative estimate of drug-likeness (QED) is 0.811. The van der Waals surface area contributed by atoms with Crippen LogP contribution >= 0.6 is 11.3 Å². The normalized spacial score (nSPS) is 13.2. The van der Waals surface area contributed by atoms with Crippen LogP contribution in [0.15, 0.2) is 24.3 Å². The molecule has 110 valence electrons. The summed E-state index contributed by atoms with van der Waals surface area (Å²) in [5.41, 5.74) is 1.10. The van der Waals surface area contributed by atoms with Crippen molar-refractivity contribution in [2.45, 2.75) is 13.0 Å². The van der Waals surface area contributed by atoms with Crippen molar-refractivity contribution >= 4 is 21.6 Å². The minimum Gasteiger partial charge on any atom is -0.383 e. The van der Waals surface area contributed by atoms with Crippen LogP contribution in [0.25, 0.3) is 10.2 Å². The molecule has 0 aliphatic rings. The van der Waals surface area contributed by atoms with Crippen molar-refractivity contribution < 1.29 is 4.74 Å². The fourth-order valence-corrected chi connectivity index (χ4v) is 2.99. The Kier molecular flexibility index (Phi) is 5.91. The van der Waals surface area contributed by atoms with E-state index < -0.39 is 0 Å². The molecular weight excluding hydrogens is 270 g/mol. The lowest BCUT2D eigenvalue weighted by atomic mass is 10.3. The SMILES string of the molecule is COCCN(C)CCNC(C)c1nc2ccccc2s1. The number of nitrogens with one attached hydrogen (secondary N) is 1. The van der Waals surface area contributed by atoms with Crippen molar-refractivity contribution in [2.24, 2.45) is 0 Å². The number of aromatic nitrogens is 1. The van der Waals surface area contributed by atoms with Crippen LogP contribution in [0.4, 0.5) is 0 Å². The molecule has 0 saturated heterocycles. The Morgan fingerprint density at radius 2 is 2.15 bits per heavy atom. The van der Waals surface area contributed by atoms with Gasteiger partial charge >= 0.3 is 0 Å². The van der Waals surface area contributed by atoms with Crippen LogP contribution in [0, 0.1) is 0 Å². The van der Waals surface area contributed by atoms with Gasteiger partial charge in [0.05, 0.1) is 22.9 Å². The predicted molar refractivity (Wildman–Crippen MR) is 85.4 cm³/mol. The second-order valence-corrected chi connectivity index (χ2v) is 6.05. The number of fused-ring (bicyclic) bond motifs is 1. The van der Waals surface area contributed by atoms with E-state index in [1.807, 2.05) is 6.07 Å². The molecule has 0 spiro atoms. The van der Waals surface area contributed by atoms with Crippen molar-refractivity contribution in [3.63, 3.8) is 0 Å². The first-order chi connectivity index (χ1) is 9.70. The van der Waals surface area contributed by atoms with Crippen molar-refractivity contribution in [3.05, 3.63) is 29.3 Å². The van der Waals surface area contributed by atoms with Crippen LogP contribution < -0.4 is 5.32 Å². The molecule has 5 heteroatoms. The van der Waals surface area contributed by atoms with Crippen LogP contribution in [0.2, 0.25) is 0 Å². The molecule has 0 aliphatic carbocycles. The van der Waals surface area contributed by atoms with Crippen molar-refractivity contribution in [3.8, 4) is 0 Å². The Morgan fingerprint density at radius 1 is 1.35 bits per heavy atom. The van der Waals surface area contributed by atoms with E-state index in [-0.39, 0.29) is 0 Å². The summed E-state index contributed by atoms with van der Waals surface area (Å²) in [6, 6.07) is 8.59. The first kappa shape index (κ1) is 15.4. The van der Waals surface area contributed by atoms with Crippen LogP contribution in [0.1, 0.15) is 18.0 Å². The fourth-order valence-electron chi connectivity index (χ4n) is 1.99. The number of hydrogen-bond donors (Lipinski definition) is 1. The molecule has 0 fully saturated rings. The van der Waals surface area contributed by atoms with Crippen LogP contribution in [0.5, 0.6) is 0 Å². The number of thiazole rings is 1. The highest BCUT2D eigenvalue weighted by molar-refractivity contribution is 7.18. The summed E-state index contributed by atoms with van der Waals surface area (Å²) in [4.78, 5) is 6.95. The molecule has 4 nitrogen and oxygen atoms in total. The fraction of sp³-hybridized carbons (Fsp3) is 0.533. The molecule has 1 aromatic carbocycles. The second kappa shape index (κ2) is 7.69. The molecule has 0 aliphatic heterocycles. The smallest absolute Gasteiger partial charge is 0.111 e. The summed E-state index contributed by atoms with van der Waals surface area (Å²) < 4.78 is 6.33. The Labute approximate surface area is 124 Å². The number of likely N-dealkylation sites (N-methyl/N-ethyl adjacent to an activating group) is 1. The number of benzene rings is 1. The zero-order valence-electron chi connectivity index (χ0n) is 12.4. The van der Waals surface area contributed by atoms with Crippen molar-refractivity contribution in [2.75, 3.05) is 40.4 Å². The number of methoxy groups -OCH3 is 1. The molecule has 0 saturated carbocycles. The van der Waals surface area contributed by atoms with E-state index >= 15 is 0 Å². The third-order valence-corrected chi connectivity index (χ3v) is 4.52. The van der Waals surface area contributed by atoms with Gasteiger partial charge in [-0.05, 0) is 26.1 Å². The van der Waals surface area contributed by atoms with Crippen LogP contribution in [0.3, 0.4) is 0 Å². The maximum Gasteiger partial charge on any atom is 0.111 e. The van der Waals surface area contributed by atoms with Gasteiger partial charge in [-0.3, -0.25) is 0 Å². The lowest BCUT2D eigenvalue weighted by Gasteiger charge is -2.18. The molecule has 0 bridgehead atoms. The van der Waals surface area contributed by atoms with E-state index in [9.17, 15) is 0 Å². The van der Waals surface area contributed by atoms with E-state index in [1.54, 1.807) is 18.4 Å². The molecule has 1 atom stereocenters. The van der Waals surface area contributed by atoms with Gasteiger partial charge in [0.1, 0.15) is 5.01 Å². The molecule has 2 rings (SSSR count). The summed E-state index contributed by atoms with van der Waals surface area (Å²) in [6.07, 6.45) is 0. The van der Waals surface area contributed by atoms with Crippen LogP contribution in [-0.2, 0) is 4.74 Å². The van der Waals surface area contributed by atoms with Gasteiger partial charge in [-0.25, -0.2) is 4.98 Å². The van der Waals surface area contributed by atoms with E-state index in [4.69, 9.17) is 4.74 Å². The van der Waals surface area contributed by atoms with Gasteiger partial charge in [0, 0.05) is 26.7 Å². The number of nitrogens with zero attached hydrogens (tertiary/aromatic N) is 2. The molecule has 2 aromatic rings. The van der Waals surface area contributed by atoms with E-state index in [0.717, 1.165) is 36.8 Å². The van der Waals surface area contributed by atoms with Gasteiger partial charge in [-0.15, -0.1) is 11.3 Å². The number of rotatable bonds is 8. The largest absolute Gasteiger partial charge is 0.383 e. The standard InChI is InChI=1S/C15H23N3OS/c1-12(16-8-9-18(2)10-11-19-3)15-17-13-6-4-5-7-14(13)20-15/h4-7,12,16H,8-11H2,1-3H3. The lowest BCUT2D eigenvalue weighted by molar-refractivity contribution is 0.161. The highest BCUT2D eigenvalue weighted by atomic mass is 32.1. The third kappa shape index (κ3) is 4.24.